The highest BCUT2D eigenvalue weighted by atomic mass is 19.3. The number of methoxy groups -OCH3 is 1. The molecule has 160 valence electrons. The van der Waals surface area contributed by atoms with Gasteiger partial charge in [-0.25, -0.2) is 23.1 Å². The first-order valence-electron chi connectivity index (χ1n) is 9.22. The van der Waals surface area contributed by atoms with E-state index in [-0.39, 0.29) is 48.2 Å². The summed E-state index contributed by atoms with van der Waals surface area (Å²) in [5, 5.41) is 0. The van der Waals surface area contributed by atoms with Crippen molar-refractivity contribution < 1.29 is 27.4 Å². The van der Waals surface area contributed by atoms with Gasteiger partial charge in [0, 0.05) is 12.0 Å². The average molecular weight is 422 g/mol. The Balaban J connectivity index is 1.97. The van der Waals surface area contributed by atoms with Gasteiger partial charge in [-0.2, -0.15) is 0 Å². The number of rotatable bonds is 7. The van der Waals surface area contributed by atoms with Crippen molar-refractivity contribution in [2.45, 2.75) is 37.8 Å². The second-order valence-electron chi connectivity index (χ2n) is 6.81. The Kier molecular flexibility index (Phi) is 6.35. The highest BCUT2D eigenvalue weighted by Crippen LogP contribution is 2.41. The number of alkyl halides is 2. The standard InChI is InChI=1S/C20H21F3N4O3/c1-3-20(18(19(22)23)30-10-16(24)27-20)12-6-11(4-5-13(12)21)7-15(28)14-8-26-17(29-2)9-25-14/h4-6,8-9,18-19H,3,7,10H2,1-2H3,(H2,24,27). The van der Waals surface area contributed by atoms with E-state index in [1.54, 1.807) is 6.92 Å². The van der Waals surface area contributed by atoms with Crippen LogP contribution in [0, 0.1) is 5.82 Å². The lowest BCUT2D eigenvalue weighted by Gasteiger charge is -2.40. The Morgan fingerprint density at radius 3 is 2.73 bits per heavy atom. The summed E-state index contributed by atoms with van der Waals surface area (Å²) in [5.41, 5.74) is 4.45. The molecule has 1 aromatic heterocycles. The molecule has 2 heterocycles. The summed E-state index contributed by atoms with van der Waals surface area (Å²) >= 11 is 0. The molecule has 0 bridgehead atoms. The second-order valence-corrected chi connectivity index (χ2v) is 6.81. The fourth-order valence-electron chi connectivity index (χ4n) is 3.49. The zero-order chi connectivity index (χ0) is 21.9. The maximum atomic E-state index is 14.8. The van der Waals surface area contributed by atoms with Crippen LogP contribution in [0.15, 0.2) is 35.6 Å². The predicted molar refractivity (Wildman–Crippen MR) is 102 cm³/mol. The molecule has 0 radical (unpaired) electrons. The SMILES string of the molecule is CCC1(c2cc(CC(=O)c3cnc(OC)cn3)ccc2F)N=C(N)COC1C(F)F. The van der Waals surface area contributed by atoms with Gasteiger partial charge in [-0.15, -0.1) is 0 Å². The molecular formula is C20H21F3N4O3. The van der Waals surface area contributed by atoms with Crippen LogP contribution in [0.4, 0.5) is 13.2 Å². The molecule has 2 aromatic rings. The number of ether oxygens (including phenoxy) is 2. The number of hydrogen-bond acceptors (Lipinski definition) is 7. The van der Waals surface area contributed by atoms with Crippen LogP contribution in [0.5, 0.6) is 5.88 Å². The first-order valence-corrected chi connectivity index (χ1v) is 9.22. The molecule has 0 saturated carbocycles. The molecule has 0 amide bonds. The molecule has 7 nitrogen and oxygen atoms in total. The third-order valence-corrected chi connectivity index (χ3v) is 4.98. The molecule has 1 aliphatic heterocycles. The highest BCUT2D eigenvalue weighted by Gasteiger charge is 2.49. The van der Waals surface area contributed by atoms with Crippen molar-refractivity contribution in [3.63, 3.8) is 0 Å². The topological polar surface area (TPSA) is 99.7 Å². The summed E-state index contributed by atoms with van der Waals surface area (Å²) in [5.74, 6) is -0.846. The van der Waals surface area contributed by atoms with Crippen molar-refractivity contribution in [3.8, 4) is 5.88 Å². The van der Waals surface area contributed by atoms with Crippen molar-refractivity contribution in [3.05, 3.63) is 53.2 Å². The summed E-state index contributed by atoms with van der Waals surface area (Å²) in [4.78, 5) is 24.6. The van der Waals surface area contributed by atoms with E-state index in [0.29, 0.717) is 5.56 Å². The van der Waals surface area contributed by atoms with Gasteiger partial charge in [-0.1, -0.05) is 13.0 Å². The van der Waals surface area contributed by atoms with E-state index in [0.717, 1.165) is 6.07 Å². The number of benzene rings is 1. The Morgan fingerprint density at radius 1 is 1.37 bits per heavy atom. The van der Waals surface area contributed by atoms with Gasteiger partial charge < -0.3 is 15.2 Å². The van der Waals surface area contributed by atoms with E-state index in [1.165, 1.54) is 31.6 Å². The molecule has 2 atom stereocenters. The molecule has 0 fully saturated rings. The van der Waals surface area contributed by atoms with Crippen molar-refractivity contribution in [1.82, 2.24) is 9.97 Å². The third-order valence-electron chi connectivity index (χ3n) is 4.98. The largest absolute Gasteiger partial charge is 0.480 e. The number of carbonyl (C=O) groups excluding carboxylic acids is 1. The van der Waals surface area contributed by atoms with Crippen LogP contribution in [0.25, 0.3) is 0 Å². The number of amidine groups is 1. The minimum absolute atomic E-state index is 0.00290. The van der Waals surface area contributed by atoms with E-state index >= 15 is 0 Å². The fourth-order valence-corrected chi connectivity index (χ4v) is 3.49. The summed E-state index contributed by atoms with van der Waals surface area (Å²) in [7, 11) is 1.42. The lowest BCUT2D eigenvalue weighted by Crippen LogP contribution is -2.50. The van der Waals surface area contributed by atoms with Gasteiger partial charge in [0.15, 0.2) is 5.78 Å². The van der Waals surface area contributed by atoms with Gasteiger partial charge in [-0.05, 0) is 24.1 Å². The second kappa shape index (κ2) is 8.78. The molecule has 1 aliphatic rings. The van der Waals surface area contributed by atoms with Crippen LogP contribution in [0.3, 0.4) is 0 Å². The number of Topliss-reactive ketones (excluding diaryl/α,β-unsaturated/α-hetero) is 1. The molecule has 0 aliphatic carbocycles. The summed E-state index contributed by atoms with van der Waals surface area (Å²) < 4.78 is 52.3. The molecule has 0 saturated heterocycles. The first kappa shape index (κ1) is 21.7. The summed E-state index contributed by atoms with van der Waals surface area (Å²) in [6.07, 6.45) is -2.09. The molecule has 1 aromatic carbocycles. The Morgan fingerprint density at radius 2 is 2.13 bits per heavy atom. The van der Waals surface area contributed by atoms with Gasteiger partial charge >= 0.3 is 0 Å². The molecule has 2 N–H and O–H groups in total. The molecule has 0 spiro atoms. The number of halogens is 3. The van der Waals surface area contributed by atoms with E-state index in [2.05, 4.69) is 15.0 Å². The zero-order valence-corrected chi connectivity index (χ0v) is 16.4. The Hall–Kier alpha value is -3.01. The summed E-state index contributed by atoms with van der Waals surface area (Å²) in [6, 6.07) is 3.89. The van der Waals surface area contributed by atoms with Gasteiger partial charge in [0.05, 0.1) is 19.5 Å². The Bertz CT molecular complexity index is 953. The minimum atomic E-state index is -2.90. The number of aliphatic imine (C=N–C) groups is 1. The van der Waals surface area contributed by atoms with E-state index < -0.39 is 23.9 Å². The van der Waals surface area contributed by atoms with Gasteiger partial charge in [0.2, 0.25) is 5.88 Å². The average Bonchev–Trinajstić information content (AvgIpc) is 2.74. The highest BCUT2D eigenvalue weighted by molar-refractivity contribution is 5.95. The molecule has 3 rings (SSSR count). The quantitative estimate of drug-likeness (QED) is 0.689. The molecule has 30 heavy (non-hydrogen) atoms. The van der Waals surface area contributed by atoms with E-state index in [9.17, 15) is 18.0 Å². The lowest BCUT2D eigenvalue weighted by atomic mass is 9.80. The minimum Gasteiger partial charge on any atom is -0.480 e. The smallest absolute Gasteiger partial charge is 0.267 e. The zero-order valence-electron chi connectivity index (χ0n) is 16.4. The van der Waals surface area contributed by atoms with Crippen LogP contribution in [-0.2, 0) is 16.7 Å². The fraction of sp³-hybridized carbons (Fsp3) is 0.400. The summed E-state index contributed by atoms with van der Waals surface area (Å²) in [6.45, 7) is 1.34. The van der Waals surface area contributed by atoms with Crippen LogP contribution < -0.4 is 10.5 Å². The van der Waals surface area contributed by atoms with Gasteiger partial charge in [0.1, 0.15) is 35.6 Å². The maximum absolute atomic E-state index is 14.8. The number of aromatic nitrogens is 2. The number of nitrogens with two attached hydrogens (primary N) is 1. The van der Waals surface area contributed by atoms with Crippen LogP contribution in [0.1, 0.15) is 35.0 Å². The number of hydrogen-bond donors (Lipinski definition) is 1. The van der Waals surface area contributed by atoms with Crippen molar-refractivity contribution >= 4 is 11.6 Å². The number of nitrogens with zero attached hydrogens (tertiary/aromatic N) is 3. The van der Waals surface area contributed by atoms with Gasteiger partial charge in [0.25, 0.3) is 6.43 Å². The Labute approximate surface area is 171 Å². The van der Waals surface area contributed by atoms with Crippen LogP contribution in [-0.4, -0.2) is 47.8 Å². The van der Waals surface area contributed by atoms with E-state index in [4.69, 9.17) is 15.2 Å². The van der Waals surface area contributed by atoms with E-state index in [1.807, 2.05) is 0 Å². The molecule has 2 unspecified atom stereocenters. The number of carbonyl (C=O) groups is 1. The molecule has 10 heteroatoms. The predicted octanol–water partition coefficient (Wildman–Crippen LogP) is 2.68. The number of ketones is 1. The first-order chi connectivity index (χ1) is 14.3. The monoisotopic (exact) mass is 422 g/mol. The maximum Gasteiger partial charge on any atom is 0.267 e. The van der Waals surface area contributed by atoms with Crippen molar-refractivity contribution in [1.29, 1.82) is 0 Å². The normalized spacial score (nSPS) is 21.4. The van der Waals surface area contributed by atoms with Crippen LogP contribution >= 0.6 is 0 Å². The van der Waals surface area contributed by atoms with Crippen LogP contribution in [0.2, 0.25) is 0 Å². The third kappa shape index (κ3) is 4.13. The molecular weight excluding hydrogens is 401 g/mol. The van der Waals surface area contributed by atoms with Gasteiger partial charge in [-0.3, -0.25) is 9.79 Å². The van der Waals surface area contributed by atoms with Crippen molar-refractivity contribution in [2.75, 3.05) is 13.7 Å². The van der Waals surface area contributed by atoms with Crippen molar-refractivity contribution in [2.24, 2.45) is 10.7 Å². The lowest BCUT2D eigenvalue weighted by molar-refractivity contribution is -0.0941.